The number of phenolic OH excluding ortho intramolecular Hbond substituents is 1. The minimum atomic E-state index is -4.90. The first kappa shape index (κ1) is 32.4. The Bertz CT molecular complexity index is 1660. The molecule has 47 heavy (non-hydrogen) atoms. The van der Waals surface area contributed by atoms with Crippen molar-refractivity contribution in [3.8, 4) is 5.75 Å². The van der Waals surface area contributed by atoms with Crippen molar-refractivity contribution in [1.29, 1.82) is 0 Å². The van der Waals surface area contributed by atoms with Gasteiger partial charge in [-0.05, 0) is 54.3 Å². The van der Waals surface area contributed by atoms with Crippen LogP contribution in [0, 0.1) is 0 Å². The zero-order valence-corrected chi connectivity index (χ0v) is 26.1. The number of alkyl halides is 3. The maximum Gasteiger partial charge on any atom is 0.420 e. The zero-order valence-electron chi connectivity index (χ0n) is 25.3. The molecule has 2 N–H and O–H groups in total. The number of fused-ring (bicyclic) bond motifs is 2. The smallest absolute Gasteiger partial charge is 0.420 e. The molecule has 248 valence electrons. The first-order chi connectivity index (χ1) is 22.4. The number of halogens is 4. The second-order valence-corrected chi connectivity index (χ2v) is 12.5. The Balaban J connectivity index is 1.19. The third-order valence-electron chi connectivity index (χ3n) is 9.24. The first-order valence-corrected chi connectivity index (χ1v) is 15.7. The number of aromatic hydroxyl groups is 1. The molecule has 2 aromatic carbocycles. The summed E-state index contributed by atoms with van der Waals surface area (Å²) in [5, 5.41) is 12.3. The van der Waals surface area contributed by atoms with Gasteiger partial charge in [0.1, 0.15) is 5.75 Å². The zero-order chi connectivity index (χ0) is 33.3. The number of ether oxygens (including phenoxy) is 1. The van der Waals surface area contributed by atoms with Crippen molar-refractivity contribution >= 4 is 40.9 Å². The van der Waals surface area contributed by atoms with E-state index in [0.29, 0.717) is 45.1 Å². The molecule has 0 unspecified atom stereocenters. The normalized spacial score (nSPS) is 18.4. The number of piperidine rings is 1. The number of aromatic nitrogens is 1. The quantitative estimate of drug-likeness (QED) is 0.382. The van der Waals surface area contributed by atoms with Gasteiger partial charge in [0, 0.05) is 81.3 Å². The van der Waals surface area contributed by atoms with Gasteiger partial charge in [-0.3, -0.25) is 14.6 Å². The molecule has 14 heteroatoms. The van der Waals surface area contributed by atoms with Gasteiger partial charge in [-0.15, -0.1) is 0 Å². The summed E-state index contributed by atoms with van der Waals surface area (Å²) in [5.74, 6) is -1.76. The first-order valence-electron chi connectivity index (χ1n) is 15.3. The highest BCUT2D eigenvalue weighted by atomic mass is 35.5. The molecular weight excluding hydrogens is 639 g/mol. The molecule has 2 saturated heterocycles. The van der Waals surface area contributed by atoms with Crippen LogP contribution >= 0.6 is 11.6 Å². The van der Waals surface area contributed by atoms with Crippen LogP contribution in [0.5, 0.6) is 5.75 Å². The number of amides is 3. The maximum absolute atomic E-state index is 13.9. The molecule has 3 aromatic rings. The lowest BCUT2D eigenvalue weighted by Crippen LogP contribution is -2.54. The van der Waals surface area contributed by atoms with E-state index in [-0.39, 0.29) is 37.4 Å². The number of anilines is 2. The third-order valence-corrected chi connectivity index (χ3v) is 9.53. The minimum Gasteiger partial charge on any atom is -0.506 e. The van der Waals surface area contributed by atoms with Gasteiger partial charge in [0.15, 0.2) is 6.10 Å². The van der Waals surface area contributed by atoms with Gasteiger partial charge in [-0.2, -0.15) is 13.2 Å². The molecule has 2 fully saturated rings. The van der Waals surface area contributed by atoms with E-state index in [1.165, 1.54) is 9.80 Å². The summed E-state index contributed by atoms with van der Waals surface area (Å²) in [6, 6.07) is 13.1. The van der Waals surface area contributed by atoms with E-state index in [1.54, 1.807) is 12.4 Å². The highest BCUT2D eigenvalue weighted by molar-refractivity contribution is 6.32. The van der Waals surface area contributed by atoms with Crippen LogP contribution in [0.3, 0.4) is 0 Å². The fourth-order valence-corrected chi connectivity index (χ4v) is 6.98. The number of phenols is 1. The number of carbonyl (C=O) groups excluding carboxylic acids is 3. The Morgan fingerprint density at radius 2 is 1.68 bits per heavy atom. The van der Waals surface area contributed by atoms with Gasteiger partial charge in [0.2, 0.25) is 5.91 Å². The van der Waals surface area contributed by atoms with Gasteiger partial charge >= 0.3 is 12.3 Å². The van der Waals surface area contributed by atoms with Crippen molar-refractivity contribution in [1.82, 2.24) is 14.8 Å². The molecular formula is C33H33ClF3N5O5. The number of pyridine rings is 1. The Labute approximate surface area is 274 Å². The average molecular weight is 672 g/mol. The Hall–Kier alpha value is -4.52. The number of piperazine rings is 1. The Morgan fingerprint density at radius 3 is 2.36 bits per heavy atom. The van der Waals surface area contributed by atoms with E-state index in [2.05, 4.69) is 15.2 Å². The summed E-state index contributed by atoms with van der Waals surface area (Å²) in [6.45, 7) is 2.09. The van der Waals surface area contributed by atoms with Crippen LogP contribution in [-0.4, -0.2) is 83.2 Å². The molecule has 0 radical (unpaired) electrons. The van der Waals surface area contributed by atoms with Crippen LogP contribution in [-0.2, 0) is 32.3 Å². The lowest BCUT2D eigenvalue weighted by atomic mass is 9.68. The monoisotopic (exact) mass is 671 g/mol. The predicted molar refractivity (Wildman–Crippen MR) is 167 cm³/mol. The number of para-hydroxylation sites is 1. The topological polar surface area (TPSA) is 115 Å². The molecule has 3 aliphatic rings. The third kappa shape index (κ3) is 6.80. The van der Waals surface area contributed by atoms with Crippen LogP contribution in [0.25, 0.3) is 0 Å². The van der Waals surface area contributed by atoms with E-state index in [1.807, 2.05) is 36.4 Å². The van der Waals surface area contributed by atoms with Crippen molar-refractivity contribution < 1.29 is 37.4 Å². The number of hydrogen-bond acceptors (Lipinski definition) is 7. The molecule has 0 bridgehead atoms. The standard InChI is InChI=1S/C33H33ClF3N5O5/c34-25-18-21(17-24(29(25)44)33(35,36)37)19-27(30(45)41-15-13-40(14-16-41)22-5-9-38-10-6-22)47-31(46)42-11-7-32(8-12-42)20-28(43)39-26-4-2-1-3-23(26)32/h1-6,9-10,17-18,27,44H,7-8,11-16,19-20H2,(H,39,43)/t27-/m1/s1. The summed E-state index contributed by atoms with van der Waals surface area (Å²) in [5.41, 5.74) is 0.882. The van der Waals surface area contributed by atoms with E-state index in [9.17, 15) is 32.7 Å². The van der Waals surface area contributed by atoms with E-state index in [0.717, 1.165) is 23.0 Å². The Kier molecular flexibility index (Phi) is 8.93. The van der Waals surface area contributed by atoms with Crippen LogP contribution in [0.4, 0.5) is 29.3 Å². The molecule has 6 rings (SSSR count). The van der Waals surface area contributed by atoms with Crippen molar-refractivity contribution in [2.45, 2.75) is 43.4 Å². The minimum absolute atomic E-state index is 0.0240. The molecule has 0 saturated carbocycles. The van der Waals surface area contributed by atoms with Crippen molar-refractivity contribution in [3.63, 3.8) is 0 Å². The average Bonchev–Trinajstić information content (AvgIpc) is 3.06. The van der Waals surface area contributed by atoms with Crippen molar-refractivity contribution in [3.05, 3.63) is 82.6 Å². The van der Waals surface area contributed by atoms with Gasteiger partial charge in [0.25, 0.3) is 5.91 Å². The second-order valence-electron chi connectivity index (χ2n) is 12.1. The highest BCUT2D eigenvalue weighted by Crippen LogP contribution is 2.45. The SMILES string of the molecule is O=C1CC2(CCN(C(=O)O[C@H](Cc3cc(Cl)c(O)c(C(F)(F)F)c3)C(=O)N3CCN(c4ccncc4)CC3)CC2)c2ccccc2N1. The molecule has 1 atom stereocenters. The molecule has 1 aromatic heterocycles. The van der Waals surface area contributed by atoms with Gasteiger partial charge < -0.3 is 29.9 Å². The fourth-order valence-electron chi connectivity index (χ4n) is 6.74. The summed E-state index contributed by atoms with van der Waals surface area (Å²) in [7, 11) is 0. The van der Waals surface area contributed by atoms with Crippen LogP contribution in [0.2, 0.25) is 5.02 Å². The summed E-state index contributed by atoms with van der Waals surface area (Å²) < 4.78 is 46.8. The number of hydrogen-bond donors (Lipinski definition) is 2. The predicted octanol–water partition coefficient (Wildman–Crippen LogP) is 5.23. The largest absolute Gasteiger partial charge is 0.506 e. The summed E-state index contributed by atoms with van der Waals surface area (Å²) >= 11 is 5.96. The van der Waals surface area contributed by atoms with Gasteiger partial charge in [-0.25, -0.2) is 4.79 Å². The number of likely N-dealkylation sites (tertiary alicyclic amines) is 1. The highest BCUT2D eigenvalue weighted by Gasteiger charge is 2.44. The molecule has 1 spiro atoms. The van der Waals surface area contributed by atoms with Crippen molar-refractivity contribution in [2.75, 3.05) is 49.5 Å². The molecule has 3 amide bonds. The van der Waals surface area contributed by atoms with Crippen LogP contribution in [0.15, 0.2) is 60.9 Å². The van der Waals surface area contributed by atoms with Crippen LogP contribution < -0.4 is 10.2 Å². The number of carbonyl (C=O) groups is 3. The summed E-state index contributed by atoms with van der Waals surface area (Å²) in [6.07, 6.45) is -2.91. The summed E-state index contributed by atoms with van der Waals surface area (Å²) in [4.78, 5) is 49.0. The molecule has 3 aliphatic heterocycles. The molecule has 4 heterocycles. The van der Waals surface area contributed by atoms with E-state index in [4.69, 9.17) is 16.3 Å². The number of nitrogens with one attached hydrogen (secondary N) is 1. The fraction of sp³-hybridized carbons (Fsp3) is 0.394. The Morgan fingerprint density at radius 1 is 1.00 bits per heavy atom. The lowest BCUT2D eigenvalue weighted by molar-refractivity contribution is -0.141. The maximum atomic E-state index is 13.9. The van der Waals surface area contributed by atoms with Crippen molar-refractivity contribution in [2.24, 2.45) is 0 Å². The van der Waals surface area contributed by atoms with Gasteiger partial charge in [0.05, 0.1) is 10.6 Å². The number of benzene rings is 2. The van der Waals surface area contributed by atoms with Gasteiger partial charge in [-0.1, -0.05) is 29.8 Å². The van der Waals surface area contributed by atoms with E-state index < -0.39 is 46.0 Å². The number of nitrogens with zero attached hydrogens (tertiary/aromatic N) is 4. The molecule has 10 nitrogen and oxygen atoms in total. The number of rotatable bonds is 5. The van der Waals surface area contributed by atoms with Crippen LogP contribution in [0.1, 0.15) is 36.0 Å². The van der Waals surface area contributed by atoms with E-state index >= 15 is 0 Å². The molecule has 0 aliphatic carbocycles. The second kappa shape index (κ2) is 12.9. The lowest BCUT2D eigenvalue weighted by Gasteiger charge is -2.44.